The van der Waals surface area contributed by atoms with Crippen LogP contribution in [0, 0.1) is 5.41 Å². The molecule has 0 aliphatic heterocycles. The van der Waals surface area contributed by atoms with Gasteiger partial charge in [0.25, 0.3) is 0 Å². The van der Waals surface area contributed by atoms with Gasteiger partial charge in [-0.3, -0.25) is 0 Å². The lowest BCUT2D eigenvalue weighted by molar-refractivity contribution is 0.568. The average Bonchev–Trinajstić information content (AvgIpc) is 2.17. The highest BCUT2D eigenvalue weighted by Gasteiger charge is 2.36. The quantitative estimate of drug-likeness (QED) is 0.479. The van der Waals surface area contributed by atoms with Crippen molar-refractivity contribution in [2.75, 3.05) is 0 Å². The first-order valence-corrected chi connectivity index (χ1v) is 3.27. The minimum Gasteiger partial charge on any atom is -0.100 e. The van der Waals surface area contributed by atoms with Crippen LogP contribution in [0.2, 0.25) is 0 Å². The first-order valence-electron chi connectivity index (χ1n) is 3.27. The Morgan fingerprint density at radius 1 is 1.62 bits per heavy atom. The normalized spacial score (nSPS) is 22.8. The Morgan fingerprint density at radius 2 is 2.12 bits per heavy atom. The van der Waals surface area contributed by atoms with Gasteiger partial charge < -0.3 is 0 Å². The molecule has 46 valence electrons. The zero-order valence-electron chi connectivity index (χ0n) is 5.83. The lowest BCUT2D eigenvalue weighted by Crippen LogP contribution is -1.91. The highest BCUT2D eigenvalue weighted by molar-refractivity contribution is 5.01. The Labute approximate surface area is 51.6 Å². The highest BCUT2D eigenvalue weighted by atomic mass is 14.4. The van der Waals surface area contributed by atoms with Crippen LogP contribution in [0.4, 0.5) is 0 Å². The number of rotatable bonds is 2. The fourth-order valence-electron chi connectivity index (χ4n) is 1.12. The van der Waals surface area contributed by atoms with Gasteiger partial charge in [-0.25, -0.2) is 0 Å². The van der Waals surface area contributed by atoms with Gasteiger partial charge in [-0.05, 0) is 31.6 Å². The van der Waals surface area contributed by atoms with Crippen molar-refractivity contribution in [3.05, 3.63) is 12.2 Å². The van der Waals surface area contributed by atoms with Gasteiger partial charge in [-0.15, -0.1) is 6.58 Å². The Hall–Kier alpha value is -0.260. The fourth-order valence-corrected chi connectivity index (χ4v) is 1.12. The molecule has 8 heavy (non-hydrogen) atoms. The summed E-state index contributed by atoms with van der Waals surface area (Å²) in [5.74, 6) is 0. The molecule has 0 heterocycles. The summed E-state index contributed by atoms with van der Waals surface area (Å²) in [6, 6.07) is 0. The topological polar surface area (TPSA) is 0 Å². The summed E-state index contributed by atoms with van der Waals surface area (Å²) >= 11 is 0. The van der Waals surface area contributed by atoms with Gasteiger partial charge in [0.1, 0.15) is 0 Å². The van der Waals surface area contributed by atoms with E-state index in [-0.39, 0.29) is 0 Å². The van der Waals surface area contributed by atoms with Crippen molar-refractivity contribution in [1.29, 1.82) is 0 Å². The molecule has 0 spiro atoms. The van der Waals surface area contributed by atoms with Gasteiger partial charge in [-0.2, -0.15) is 0 Å². The molecule has 1 aliphatic carbocycles. The molecule has 0 nitrogen and oxygen atoms in total. The molecule has 1 saturated carbocycles. The molecule has 0 aromatic carbocycles. The van der Waals surface area contributed by atoms with Crippen LogP contribution < -0.4 is 0 Å². The van der Waals surface area contributed by atoms with E-state index in [0.29, 0.717) is 5.41 Å². The Balaban J connectivity index is 2.29. The number of hydrogen-bond acceptors (Lipinski definition) is 0. The summed E-state index contributed by atoms with van der Waals surface area (Å²) in [5.41, 5.74) is 2.01. The second-order valence-electron chi connectivity index (χ2n) is 3.44. The molecule has 1 fully saturated rings. The number of allylic oxidation sites excluding steroid dienone is 1. The van der Waals surface area contributed by atoms with Crippen molar-refractivity contribution in [1.82, 2.24) is 0 Å². The molecule has 1 aliphatic rings. The van der Waals surface area contributed by atoms with Crippen LogP contribution in [0.15, 0.2) is 12.2 Å². The maximum absolute atomic E-state index is 3.88. The van der Waals surface area contributed by atoms with E-state index >= 15 is 0 Å². The van der Waals surface area contributed by atoms with Crippen LogP contribution >= 0.6 is 0 Å². The first-order chi connectivity index (χ1) is 3.62. The highest BCUT2D eigenvalue weighted by Crippen LogP contribution is 2.49. The summed E-state index contributed by atoms with van der Waals surface area (Å²) in [6.07, 6.45) is 4.08. The van der Waals surface area contributed by atoms with Crippen LogP contribution in [-0.4, -0.2) is 0 Å². The molecule has 0 saturated heterocycles. The molecule has 0 atom stereocenters. The third-order valence-electron chi connectivity index (χ3n) is 1.83. The second-order valence-corrected chi connectivity index (χ2v) is 3.44. The van der Waals surface area contributed by atoms with Gasteiger partial charge in [0.15, 0.2) is 0 Å². The molecule has 0 N–H and O–H groups in total. The van der Waals surface area contributed by atoms with Crippen molar-refractivity contribution in [3.8, 4) is 0 Å². The molecule has 0 heteroatoms. The lowest BCUT2D eigenvalue weighted by atomic mass is 10.0. The molecule has 0 bridgehead atoms. The molecule has 0 unspecified atom stereocenters. The van der Waals surface area contributed by atoms with E-state index in [2.05, 4.69) is 20.4 Å². The van der Waals surface area contributed by atoms with E-state index in [1.807, 2.05) is 0 Å². The molecule has 0 aromatic rings. The van der Waals surface area contributed by atoms with E-state index in [9.17, 15) is 0 Å². The van der Waals surface area contributed by atoms with Crippen molar-refractivity contribution in [2.24, 2.45) is 5.41 Å². The van der Waals surface area contributed by atoms with Crippen molar-refractivity contribution < 1.29 is 0 Å². The predicted molar refractivity (Wildman–Crippen MR) is 36.8 cm³/mol. The molecule has 0 aromatic heterocycles. The molecule has 0 radical (unpaired) electrons. The SMILES string of the molecule is C=C(C)CC1(C)CC1. The van der Waals surface area contributed by atoms with Crippen LogP contribution in [0.25, 0.3) is 0 Å². The minimum absolute atomic E-state index is 0.672. The third-order valence-corrected chi connectivity index (χ3v) is 1.83. The lowest BCUT2D eigenvalue weighted by Gasteiger charge is -2.04. The monoisotopic (exact) mass is 110 g/mol. The van der Waals surface area contributed by atoms with Crippen LogP contribution in [0.5, 0.6) is 0 Å². The Morgan fingerprint density at radius 3 is 2.25 bits per heavy atom. The van der Waals surface area contributed by atoms with E-state index in [1.165, 1.54) is 24.8 Å². The molecular formula is C8H14. The average molecular weight is 110 g/mol. The van der Waals surface area contributed by atoms with Crippen LogP contribution in [0.1, 0.15) is 33.1 Å². The summed E-state index contributed by atoms with van der Waals surface area (Å²) in [5, 5.41) is 0. The summed E-state index contributed by atoms with van der Waals surface area (Å²) < 4.78 is 0. The van der Waals surface area contributed by atoms with E-state index < -0.39 is 0 Å². The predicted octanol–water partition coefficient (Wildman–Crippen LogP) is 2.75. The largest absolute Gasteiger partial charge is 0.100 e. The fraction of sp³-hybridized carbons (Fsp3) is 0.750. The maximum atomic E-state index is 3.88. The molecular weight excluding hydrogens is 96.1 g/mol. The smallest absolute Gasteiger partial charge is 0.0271 e. The summed E-state index contributed by atoms with van der Waals surface area (Å²) in [7, 11) is 0. The number of hydrogen-bond donors (Lipinski definition) is 0. The van der Waals surface area contributed by atoms with Crippen molar-refractivity contribution >= 4 is 0 Å². The van der Waals surface area contributed by atoms with E-state index in [4.69, 9.17) is 0 Å². The Bertz CT molecular complexity index is 107. The van der Waals surface area contributed by atoms with Crippen molar-refractivity contribution in [3.63, 3.8) is 0 Å². The molecule has 0 amide bonds. The zero-order valence-corrected chi connectivity index (χ0v) is 5.83. The minimum atomic E-state index is 0.672. The standard InChI is InChI=1S/C8H14/c1-7(2)6-8(3)4-5-8/h1,4-6H2,2-3H3. The Kier molecular flexibility index (Phi) is 1.18. The van der Waals surface area contributed by atoms with Gasteiger partial charge in [-0.1, -0.05) is 12.5 Å². The third kappa shape index (κ3) is 1.36. The summed E-state index contributed by atoms with van der Waals surface area (Å²) in [4.78, 5) is 0. The second kappa shape index (κ2) is 1.61. The maximum Gasteiger partial charge on any atom is -0.0271 e. The van der Waals surface area contributed by atoms with E-state index in [1.54, 1.807) is 0 Å². The van der Waals surface area contributed by atoms with Gasteiger partial charge in [0.05, 0.1) is 0 Å². The van der Waals surface area contributed by atoms with Gasteiger partial charge >= 0.3 is 0 Å². The van der Waals surface area contributed by atoms with Gasteiger partial charge in [0, 0.05) is 0 Å². The summed E-state index contributed by atoms with van der Waals surface area (Å²) in [6.45, 7) is 8.33. The van der Waals surface area contributed by atoms with Crippen LogP contribution in [-0.2, 0) is 0 Å². The zero-order chi connectivity index (χ0) is 6.20. The van der Waals surface area contributed by atoms with E-state index in [0.717, 1.165) is 0 Å². The first kappa shape index (κ1) is 5.87. The molecule has 1 rings (SSSR count). The van der Waals surface area contributed by atoms with Crippen LogP contribution in [0.3, 0.4) is 0 Å². The van der Waals surface area contributed by atoms with Gasteiger partial charge in [0.2, 0.25) is 0 Å². The van der Waals surface area contributed by atoms with Crippen molar-refractivity contribution in [2.45, 2.75) is 33.1 Å².